The van der Waals surface area contributed by atoms with Gasteiger partial charge in [-0.05, 0) is 54.2 Å². The Bertz CT molecular complexity index is 648. The van der Waals surface area contributed by atoms with Crippen LogP contribution in [0.25, 0.3) is 0 Å². The number of rotatable bonds is 6. The molecule has 0 unspecified atom stereocenters. The first-order valence-electron chi connectivity index (χ1n) is 8.92. The summed E-state index contributed by atoms with van der Waals surface area (Å²) in [5.74, 6) is 0.789. The Kier molecular flexibility index (Phi) is 4.58. The van der Waals surface area contributed by atoms with E-state index in [0.717, 1.165) is 25.6 Å². The van der Waals surface area contributed by atoms with Crippen molar-refractivity contribution < 1.29 is 4.74 Å². The van der Waals surface area contributed by atoms with E-state index < -0.39 is 0 Å². The van der Waals surface area contributed by atoms with Crippen LogP contribution in [0.3, 0.4) is 0 Å². The normalized spacial score (nSPS) is 26.6. The molecule has 3 heterocycles. The van der Waals surface area contributed by atoms with Gasteiger partial charge < -0.3 is 4.74 Å². The van der Waals surface area contributed by atoms with E-state index in [1.165, 1.54) is 36.9 Å². The van der Waals surface area contributed by atoms with Crippen LogP contribution < -0.4 is 0 Å². The molecule has 2 fully saturated rings. The summed E-state index contributed by atoms with van der Waals surface area (Å²) in [7, 11) is 0. The van der Waals surface area contributed by atoms with Crippen LogP contribution in [0.4, 0.5) is 0 Å². The summed E-state index contributed by atoms with van der Waals surface area (Å²) in [6, 6.07) is 8.32. The van der Waals surface area contributed by atoms with Crippen LogP contribution in [0.1, 0.15) is 30.4 Å². The third-order valence-corrected chi connectivity index (χ3v) is 5.67. The zero-order valence-electron chi connectivity index (χ0n) is 14.1. The van der Waals surface area contributed by atoms with Crippen LogP contribution in [0.5, 0.6) is 0 Å². The second kappa shape index (κ2) is 6.99. The van der Waals surface area contributed by atoms with Crippen LogP contribution in [-0.2, 0) is 17.9 Å². The highest BCUT2D eigenvalue weighted by molar-refractivity contribution is 5.11. The molecule has 4 nitrogen and oxygen atoms in total. The molecule has 0 N–H and O–H groups in total. The highest BCUT2D eigenvalue weighted by atomic mass is 16.5. The summed E-state index contributed by atoms with van der Waals surface area (Å²) in [5, 5.41) is 0. The van der Waals surface area contributed by atoms with Gasteiger partial charge in [0.15, 0.2) is 0 Å². The van der Waals surface area contributed by atoms with Gasteiger partial charge >= 0.3 is 0 Å². The predicted octanol–water partition coefficient (Wildman–Crippen LogP) is 3.30. The number of hydrogen-bond acceptors (Lipinski definition) is 4. The quantitative estimate of drug-likeness (QED) is 0.817. The summed E-state index contributed by atoms with van der Waals surface area (Å²) >= 11 is 0. The molecule has 2 aromatic heterocycles. The minimum Gasteiger partial charge on any atom is -0.376 e. The molecule has 0 bridgehead atoms. The van der Waals surface area contributed by atoms with Gasteiger partial charge in [-0.25, -0.2) is 0 Å². The Labute approximate surface area is 143 Å². The van der Waals surface area contributed by atoms with Crippen LogP contribution >= 0.6 is 0 Å². The monoisotopic (exact) mass is 323 g/mol. The van der Waals surface area contributed by atoms with Crippen molar-refractivity contribution in [2.45, 2.75) is 32.4 Å². The lowest BCUT2D eigenvalue weighted by Gasteiger charge is -2.29. The van der Waals surface area contributed by atoms with Crippen molar-refractivity contribution in [1.82, 2.24) is 14.9 Å². The molecule has 24 heavy (non-hydrogen) atoms. The van der Waals surface area contributed by atoms with Crippen molar-refractivity contribution in [3.8, 4) is 0 Å². The van der Waals surface area contributed by atoms with Crippen molar-refractivity contribution in [3.05, 3.63) is 60.2 Å². The van der Waals surface area contributed by atoms with Crippen LogP contribution in [-0.4, -0.2) is 34.6 Å². The topological polar surface area (TPSA) is 38.2 Å². The first-order valence-corrected chi connectivity index (χ1v) is 8.92. The number of nitrogens with zero attached hydrogens (tertiary/aromatic N) is 3. The zero-order valence-corrected chi connectivity index (χ0v) is 14.1. The molecular weight excluding hydrogens is 298 g/mol. The number of fused-ring (bicyclic) bond motifs is 1. The Morgan fingerprint density at radius 2 is 1.75 bits per heavy atom. The van der Waals surface area contributed by atoms with Gasteiger partial charge in [-0.15, -0.1) is 0 Å². The Morgan fingerprint density at radius 3 is 2.50 bits per heavy atom. The molecule has 1 saturated heterocycles. The van der Waals surface area contributed by atoms with Gasteiger partial charge in [-0.3, -0.25) is 14.9 Å². The molecule has 2 aromatic rings. The lowest BCUT2D eigenvalue weighted by Crippen LogP contribution is -2.32. The molecule has 126 valence electrons. The van der Waals surface area contributed by atoms with Crippen LogP contribution in [0, 0.1) is 11.3 Å². The van der Waals surface area contributed by atoms with E-state index in [1.807, 2.05) is 36.9 Å². The largest absolute Gasteiger partial charge is 0.376 e. The van der Waals surface area contributed by atoms with Crippen LogP contribution in [0.15, 0.2) is 49.1 Å². The summed E-state index contributed by atoms with van der Waals surface area (Å²) in [6.45, 7) is 4.98. The van der Waals surface area contributed by atoms with E-state index in [0.29, 0.717) is 12.0 Å². The third kappa shape index (κ3) is 3.35. The van der Waals surface area contributed by atoms with Crippen molar-refractivity contribution in [1.29, 1.82) is 0 Å². The molecule has 1 saturated carbocycles. The number of aromatic nitrogens is 2. The van der Waals surface area contributed by atoms with E-state index in [4.69, 9.17) is 4.74 Å². The highest BCUT2D eigenvalue weighted by Gasteiger charge is 2.49. The van der Waals surface area contributed by atoms with Crippen molar-refractivity contribution in [3.63, 3.8) is 0 Å². The van der Waals surface area contributed by atoms with E-state index >= 15 is 0 Å². The minimum absolute atomic E-state index is 0.361. The maximum Gasteiger partial charge on any atom is 0.0718 e. The van der Waals surface area contributed by atoms with E-state index in [2.05, 4.69) is 27.0 Å². The molecule has 2 aliphatic rings. The molecule has 4 rings (SSSR count). The lowest BCUT2D eigenvalue weighted by atomic mass is 9.81. The van der Waals surface area contributed by atoms with Gasteiger partial charge in [0.1, 0.15) is 0 Å². The van der Waals surface area contributed by atoms with Gasteiger partial charge in [-0.1, -0.05) is 6.42 Å². The van der Waals surface area contributed by atoms with Crippen molar-refractivity contribution in [2.24, 2.45) is 11.3 Å². The fraction of sp³-hybridized carbons (Fsp3) is 0.500. The average Bonchev–Trinajstić information content (AvgIpc) is 3.13. The second-order valence-electron chi connectivity index (χ2n) is 7.32. The maximum absolute atomic E-state index is 6.14. The molecule has 0 aromatic carbocycles. The zero-order chi connectivity index (χ0) is 16.2. The molecule has 2 atom stereocenters. The summed E-state index contributed by atoms with van der Waals surface area (Å²) in [6.07, 6.45) is 11.5. The number of pyridine rings is 2. The molecule has 0 amide bonds. The number of likely N-dealkylation sites (tertiary alicyclic amines) is 1. The summed E-state index contributed by atoms with van der Waals surface area (Å²) < 4.78 is 6.14. The number of ether oxygens (including phenoxy) is 1. The minimum atomic E-state index is 0.361. The predicted molar refractivity (Wildman–Crippen MR) is 93.2 cm³/mol. The van der Waals surface area contributed by atoms with E-state index in [1.54, 1.807) is 0 Å². The molecule has 0 radical (unpaired) electrons. The maximum atomic E-state index is 6.14. The van der Waals surface area contributed by atoms with Gasteiger partial charge in [-0.2, -0.15) is 0 Å². The van der Waals surface area contributed by atoms with Gasteiger partial charge in [0.2, 0.25) is 0 Å². The third-order valence-electron chi connectivity index (χ3n) is 5.67. The molecule has 0 spiro atoms. The summed E-state index contributed by atoms with van der Waals surface area (Å²) in [5.41, 5.74) is 2.93. The average molecular weight is 323 g/mol. The highest BCUT2D eigenvalue weighted by Crippen LogP contribution is 2.49. The molecule has 4 heteroatoms. The van der Waals surface area contributed by atoms with E-state index in [-0.39, 0.29) is 0 Å². The smallest absolute Gasteiger partial charge is 0.0718 e. The molecular formula is C20H25N3O. The molecule has 1 aliphatic heterocycles. The first kappa shape index (κ1) is 15.7. The van der Waals surface area contributed by atoms with Crippen molar-refractivity contribution >= 4 is 0 Å². The Balaban J connectivity index is 1.36. The first-order chi connectivity index (χ1) is 11.8. The SMILES string of the molecule is c1cc(COC[C@]23CCC[C@H]2CN(Cc2ccncc2)C3)ccn1. The van der Waals surface area contributed by atoms with Crippen molar-refractivity contribution in [2.75, 3.05) is 19.7 Å². The number of hydrogen-bond donors (Lipinski definition) is 0. The van der Waals surface area contributed by atoms with E-state index in [9.17, 15) is 0 Å². The second-order valence-corrected chi connectivity index (χ2v) is 7.32. The fourth-order valence-electron chi connectivity index (χ4n) is 4.48. The van der Waals surface area contributed by atoms with Gasteiger partial charge in [0, 0.05) is 49.8 Å². The standard InChI is InChI=1S/C20H25N3O/c1-2-19-13-23(12-17-3-8-21-9-4-17)15-20(19,7-1)16-24-14-18-5-10-22-11-6-18/h3-6,8-11,19H,1-2,7,12-16H2/t19-,20+/m0/s1. The fourth-order valence-corrected chi connectivity index (χ4v) is 4.48. The lowest BCUT2D eigenvalue weighted by molar-refractivity contribution is 0.0266. The molecule has 1 aliphatic carbocycles. The Morgan fingerprint density at radius 1 is 1.04 bits per heavy atom. The van der Waals surface area contributed by atoms with Gasteiger partial charge in [0.25, 0.3) is 0 Å². The van der Waals surface area contributed by atoms with Crippen LogP contribution in [0.2, 0.25) is 0 Å². The van der Waals surface area contributed by atoms with Gasteiger partial charge in [0.05, 0.1) is 13.2 Å². The Hall–Kier alpha value is -1.78. The summed E-state index contributed by atoms with van der Waals surface area (Å²) in [4.78, 5) is 10.8.